The maximum Gasteiger partial charge on any atom is 0.221 e. The van der Waals surface area contributed by atoms with E-state index in [1.807, 2.05) is 31.3 Å². The smallest absolute Gasteiger partial charge is 0.221 e. The molecule has 0 spiro atoms. The van der Waals surface area contributed by atoms with Crippen LogP contribution >= 0.6 is 0 Å². The molecule has 0 saturated heterocycles. The normalized spacial score (nSPS) is 11.2. The number of amides is 1. The lowest BCUT2D eigenvalue weighted by atomic mass is 10.2. The number of anilines is 1. The largest absolute Gasteiger partial charge is 0.341 e. The van der Waals surface area contributed by atoms with Gasteiger partial charge in [-0.15, -0.1) is 0 Å². The highest BCUT2D eigenvalue weighted by Gasteiger charge is 2.07. The molecule has 24 heavy (non-hydrogen) atoms. The van der Waals surface area contributed by atoms with E-state index in [4.69, 9.17) is 0 Å². The highest BCUT2D eigenvalue weighted by atomic mass is 19.1. The standard InChI is InChI=1S/C18H19FN4O/c1-12(24)20-15-6-3-13(4-7-15)10-23(2)11-18-21-16-8-5-14(19)9-17(16)22-18/h3-9H,10-11H2,1-2H3,(H,20,24)(H,21,22). The molecule has 2 N–H and O–H groups in total. The summed E-state index contributed by atoms with van der Waals surface area (Å²) in [6.45, 7) is 2.86. The minimum Gasteiger partial charge on any atom is -0.341 e. The number of hydrogen-bond donors (Lipinski definition) is 2. The Morgan fingerprint density at radius 2 is 1.96 bits per heavy atom. The first kappa shape index (κ1) is 16.1. The first-order valence-electron chi connectivity index (χ1n) is 7.69. The van der Waals surface area contributed by atoms with Crippen LogP contribution in [-0.2, 0) is 17.9 Å². The average Bonchev–Trinajstić information content (AvgIpc) is 2.89. The summed E-state index contributed by atoms with van der Waals surface area (Å²) in [5, 5.41) is 2.75. The molecule has 6 heteroatoms. The van der Waals surface area contributed by atoms with Crippen LogP contribution in [0.4, 0.5) is 10.1 Å². The van der Waals surface area contributed by atoms with E-state index in [0.29, 0.717) is 12.1 Å². The van der Waals surface area contributed by atoms with Crippen molar-refractivity contribution >= 4 is 22.6 Å². The summed E-state index contributed by atoms with van der Waals surface area (Å²) >= 11 is 0. The summed E-state index contributed by atoms with van der Waals surface area (Å²) in [7, 11) is 2.00. The number of halogens is 1. The number of nitrogens with one attached hydrogen (secondary N) is 2. The molecule has 0 aliphatic heterocycles. The third kappa shape index (κ3) is 3.97. The lowest BCUT2D eigenvalue weighted by Gasteiger charge is -2.15. The molecule has 1 aromatic heterocycles. The molecule has 0 atom stereocenters. The molecule has 3 aromatic rings. The molecular formula is C18H19FN4O. The number of aromatic amines is 1. The van der Waals surface area contributed by atoms with Crippen LogP contribution in [0.5, 0.6) is 0 Å². The zero-order chi connectivity index (χ0) is 17.1. The van der Waals surface area contributed by atoms with Crippen molar-refractivity contribution in [3.8, 4) is 0 Å². The molecule has 0 fully saturated rings. The Morgan fingerprint density at radius 1 is 1.21 bits per heavy atom. The number of hydrogen-bond acceptors (Lipinski definition) is 3. The summed E-state index contributed by atoms with van der Waals surface area (Å²) in [4.78, 5) is 20.7. The lowest BCUT2D eigenvalue weighted by molar-refractivity contribution is -0.114. The SMILES string of the molecule is CC(=O)Nc1ccc(CN(C)Cc2nc3ccc(F)cc3[nH]2)cc1. The van der Waals surface area contributed by atoms with Crippen LogP contribution in [0.3, 0.4) is 0 Å². The molecule has 0 aliphatic rings. The van der Waals surface area contributed by atoms with Gasteiger partial charge in [0.2, 0.25) is 5.91 Å². The van der Waals surface area contributed by atoms with Crippen molar-refractivity contribution in [2.45, 2.75) is 20.0 Å². The van der Waals surface area contributed by atoms with E-state index in [1.165, 1.54) is 19.1 Å². The highest BCUT2D eigenvalue weighted by Crippen LogP contribution is 2.15. The van der Waals surface area contributed by atoms with E-state index in [9.17, 15) is 9.18 Å². The second kappa shape index (κ2) is 6.80. The van der Waals surface area contributed by atoms with E-state index in [0.717, 1.165) is 29.1 Å². The summed E-state index contributed by atoms with van der Waals surface area (Å²) in [6, 6.07) is 12.3. The average molecular weight is 326 g/mol. The summed E-state index contributed by atoms with van der Waals surface area (Å²) in [5.41, 5.74) is 3.39. The molecule has 5 nitrogen and oxygen atoms in total. The van der Waals surface area contributed by atoms with Crippen molar-refractivity contribution in [2.75, 3.05) is 12.4 Å². The van der Waals surface area contributed by atoms with E-state index in [2.05, 4.69) is 20.2 Å². The Kier molecular flexibility index (Phi) is 4.57. The number of H-pyrrole nitrogens is 1. The summed E-state index contributed by atoms with van der Waals surface area (Å²) in [5.74, 6) is 0.444. The zero-order valence-corrected chi connectivity index (χ0v) is 13.6. The molecule has 2 aromatic carbocycles. The predicted octanol–water partition coefficient (Wildman–Crippen LogP) is 3.29. The highest BCUT2D eigenvalue weighted by molar-refractivity contribution is 5.88. The molecule has 1 amide bonds. The Labute approximate surface area is 139 Å². The second-order valence-electron chi connectivity index (χ2n) is 5.90. The third-order valence-electron chi connectivity index (χ3n) is 3.64. The quantitative estimate of drug-likeness (QED) is 0.756. The molecule has 0 saturated carbocycles. The summed E-state index contributed by atoms with van der Waals surface area (Å²) < 4.78 is 13.2. The minimum absolute atomic E-state index is 0.0822. The van der Waals surface area contributed by atoms with Gasteiger partial charge in [0.15, 0.2) is 0 Å². The Morgan fingerprint density at radius 3 is 2.67 bits per heavy atom. The van der Waals surface area contributed by atoms with Gasteiger partial charge in [-0.3, -0.25) is 9.69 Å². The van der Waals surface area contributed by atoms with Crippen molar-refractivity contribution in [3.63, 3.8) is 0 Å². The number of rotatable bonds is 5. The number of carbonyl (C=O) groups is 1. The monoisotopic (exact) mass is 326 g/mol. The summed E-state index contributed by atoms with van der Waals surface area (Å²) in [6.07, 6.45) is 0. The number of aromatic nitrogens is 2. The van der Waals surface area contributed by atoms with Gasteiger partial charge in [-0.05, 0) is 42.9 Å². The van der Waals surface area contributed by atoms with Crippen molar-refractivity contribution in [2.24, 2.45) is 0 Å². The van der Waals surface area contributed by atoms with Crippen LogP contribution in [-0.4, -0.2) is 27.8 Å². The van der Waals surface area contributed by atoms with Crippen LogP contribution < -0.4 is 5.32 Å². The number of carbonyl (C=O) groups excluding carboxylic acids is 1. The van der Waals surface area contributed by atoms with Gasteiger partial charge in [-0.2, -0.15) is 0 Å². The molecule has 1 heterocycles. The zero-order valence-electron chi connectivity index (χ0n) is 13.6. The van der Waals surface area contributed by atoms with Gasteiger partial charge >= 0.3 is 0 Å². The first-order chi connectivity index (χ1) is 11.5. The first-order valence-corrected chi connectivity index (χ1v) is 7.69. The van der Waals surface area contributed by atoms with Crippen molar-refractivity contribution in [1.82, 2.24) is 14.9 Å². The number of benzene rings is 2. The van der Waals surface area contributed by atoms with E-state index in [1.54, 1.807) is 6.07 Å². The van der Waals surface area contributed by atoms with Crippen LogP contribution in [0, 0.1) is 5.82 Å². The van der Waals surface area contributed by atoms with Gasteiger partial charge in [0.1, 0.15) is 11.6 Å². The molecular weight excluding hydrogens is 307 g/mol. The lowest BCUT2D eigenvalue weighted by Crippen LogP contribution is -2.18. The van der Waals surface area contributed by atoms with Gasteiger partial charge < -0.3 is 10.3 Å². The van der Waals surface area contributed by atoms with E-state index < -0.39 is 0 Å². The van der Waals surface area contributed by atoms with E-state index >= 15 is 0 Å². The Balaban J connectivity index is 1.63. The van der Waals surface area contributed by atoms with Crippen LogP contribution in [0.2, 0.25) is 0 Å². The van der Waals surface area contributed by atoms with Gasteiger partial charge in [0, 0.05) is 19.2 Å². The molecule has 0 unspecified atom stereocenters. The van der Waals surface area contributed by atoms with Gasteiger partial charge in [-0.25, -0.2) is 9.37 Å². The Bertz CT molecular complexity index is 857. The molecule has 124 valence electrons. The number of imidazole rings is 1. The molecule has 3 rings (SSSR count). The number of nitrogens with zero attached hydrogens (tertiary/aromatic N) is 2. The van der Waals surface area contributed by atoms with Gasteiger partial charge in [0.05, 0.1) is 17.6 Å². The fraction of sp³-hybridized carbons (Fsp3) is 0.222. The topological polar surface area (TPSA) is 61.0 Å². The van der Waals surface area contributed by atoms with Crippen molar-refractivity contribution in [1.29, 1.82) is 0 Å². The molecule has 0 aliphatic carbocycles. The van der Waals surface area contributed by atoms with Crippen molar-refractivity contribution in [3.05, 3.63) is 59.7 Å². The van der Waals surface area contributed by atoms with Crippen LogP contribution in [0.25, 0.3) is 11.0 Å². The predicted molar refractivity (Wildman–Crippen MR) is 92.0 cm³/mol. The number of fused-ring (bicyclic) bond motifs is 1. The van der Waals surface area contributed by atoms with Crippen molar-refractivity contribution < 1.29 is 9.18 Å². The fourth-order valence-corrected chi connectivity index (χ4v) is 2.63. The fourth-order valence-electron chi connectivity index (χ4n) is 2.63. The third-order valence-corrected chi connectivity index (χ3v) is 3.64. The molecule has 0 radical (unpaired) electrons. The Hall–Kier alpha value is -2.73. The molecule has 0 bridgehead atoms. The second-order valence-corrected chi connectivity index (χ2v) is 5.90. The van der Waals surface area contributed by atoms with E-state index in [-0.39, 0.29) is 11.7 Å². The maximum atomic E-state index is 13.2. The van der Waals surface area contributed by atoms with Gasteiger partial charge in [-0.1, -0.05) is 12.1 Å². The maximum absolute atomic E-state index is 13.2. The minimum atomic E-state index is -0.273. The van der Waals surface area contributed by atoms with Crippen LogP contribution in [0.15, 0.2) is 42.5 Å². The van der Waals surface area contributed by atoms with Gasteiger partial charge in [0.25, 0.3) is 0 Å². The van der Waals surface area contributed by atoms with Crippen LogP contribution in [0.1, 0.15) is 18.3 Å².